The molecule has 0 fully saturated rings. The van der Waals surface area contributed by atoms with E-state index in [2.05, 4.69) is 19.2 Å². The lowest BCUT2D eigenvalue weighted by molar-refractivity contribution is -0.123. The zero-order valence-electron chi connectivity index (χ0n) is 18.3. The Balaban J connectivity index is 1.91. The number of rotatable bonds is 7. The van der Waals surface area contributed by atoms with Crippen LogP contribution in [0.3, 0.4) is 0 Å². The van der Waals surface area contributed by atoms with Gasteiger partial charge >= 0.3 is 0 Å². The number of anilines is 1. The molecule has 2 atom stereocenters. The van der Waals surface area contributed by atoms with Crippen LogP contribution in [0.1, 0.15) is 51.6 Å². The maximum atomic E-state index is 13.3. The van der Waals surface area contributed by atoms with Crippen LogP contribution < -0.4 is 14.4 Å². The molecule has 1 aliphatic heterocycles. The highest BCUT2D eigenvalue weighted by molar-refractivity contribution is 7.92. The number of fused-ring (bicyclic) bond motifs is 1. The first-order chi connectivity index (χ1) is 14.6. The van der Waals surface area contributed by atoms with E-state index in [0.29, 0.717) is 17.1 Å². The van der Waals surface area contributed by atoms with Gasteiger partial charge in [-0.25, -0.2) is 8.42 Å². The fourth-order valence-electron chi connectivity index (χ4n) is 4.14. The summed E-state index contributed by atoms with van der Waals surface area (Å²) < 4.78 is 32.5. The Bertz CT molecular complexity index is 1050. The Hall–Kier alpha value is -2.25. The van der Waals surface area contributed by atoms with Crippen molar-refractivity contribution in [3.63, 3.8) is 0 Å². The molecule has 6 nitrogen and oxygen atoms in total. The number of halogens is 1. The number of sulfonamides is 1. The first-order valence-corrected chi connectivity index (χ1v) is 12.7. The Kier molecular flexibility index (Phi) is 6.86. The van der Waals surface area contributed by atoms with Gasteiger partial charge in [-0.3, -0.25) is 9.10 Å². The highest BCUT2D eigenvalue weighted by atomic mass is 35.5. The van der Waals surface area contributed by atoms with Gasteiger partial charge in [0.25, 0.3) is 0 Å². The van der Waals surface area contributed by atoms with Crippen molar-refractivity contribution in [1.82, 2.24) is 5.32 Å². The highest BCUT2D eigenvalue weighted by Gasteiger charge is 2.40. The second kappa shape index (κ2) is 9.09. The van der Waals surface area contributed by atoms with E-state index in [0.717, 1.165) is 34.7 Å². The third-order valence-corrected chi connectivity index (χ3v) is 7.43. The second-order valence-electron chi connectivity index (χ2n) is 8.01. The third-order valence-electron chi connectivity index (χ3n) is 5.95. The van der Waals surface area contributed by atoms with Gasteiger partial charge < -0.3 is 10.1 Å². The Morgan fingerprint density at radius 1 is 1.23 bits per heavy atom. The summed E-state index contributed by atoms with van der Waals surface area (Å²) in [6, 6.07) is 12.9. The smallest absolute Gasteiger partial charge is 0.244 e. The number of hydrogen-bond donors (Lipinski definition) is 1. The van der Waals surface area contributed by atoms with Crippen LogP contribution in [0.5, 0.6) is 5.75 Å². The molecule has 2 aromatic rings. The lowest BCUT2D eigenvalue weighted by Gasteiger charge is -2.42. The van der Waals surface area contributed by atoms with Crippen LogP contribution in [0.4, 0.5) is 5.69 Å². The quantitative estimate of drug-likeness (QED) is 0.644. The normalized spacial score (nSPS) is 18.4. The van der Waals surface area contributed by atoms with Crippen LogP contribution in [0, 0.1) is 0 Å². The topological polar surface area (TPSA) is 75.7 Å². The summed E-state index contributed by atoms with van der Waals surface area (Å²) in [6.45, 7) is 5.72. The van der Waals surface area contributed by atoms with Gasteiger partial charge in [0.1, 0.15) is 17.4 Å². The standard InChI is InChI=1S/C23H29ClN2O4S/c1-5-23(6-2)15-20(19-12-7-8-13-21(19)30-23)25-22(27)16(3)26(31(4,28)29)18-11-9-10-17(24)14-18/h7-14,16,20H,5-6,15H2,1-4H3,(H,25,27)/t16-,20+/m0/s1. The predicted octanol–water partition coefficient (Wildman–Crippen LogP) is 4.69. The monoisotopic (exact) mass is 464 g/mol. The van der Waals surface area contributed by atoms with E-state index in [9.17, 15) is 13.2 Å². The number of carbonyl (C=O) groups excluding carboxylic acids is 1. The summed E-state index contributed by atoms with van der Waals surface area (Å²) in [6.07, 6.45) is 3.31. The minimum absolute atomic E-state index is 0.277. The first kappa shape index (κ1) is 23.4. The van der Waals surface area contributed by atoms with E-state index in [1.165, 1.54) is 6.07 Å². The van der Waals surface area contributed by atoms with Crippen molar-refractivity contribution >= 4 is 33.2 Å². The fraction of sp³-hybridized carbons (Fsp3) is 0.435. The third kappa shape index (κ3) is 4.99. The van der Waals surface area contributed by atoms with Gasteiger partial charge in [-0.2, -0.15) is 0 Å². The zero-order valence-corrected chi connectivity index (χ0v) is 19.8. The maximum Gasteiger partial charge on any atom is 0.244 e. The van der Waals surface area contributed by atoms with Crippen molar-refractivity contribution in [3.8, 4) is 5.75 Å². The molecule has 0 saturated carbocycles. The van der Waals surface area contributed by atoms with Gasteiger partial charge in [0.15, 0.2) is 0 Å². The lowest BCUT2D eigenvalue weighted by atomic mass is 9.83. The second-order valence-corrected chi connectivity index (χ2v) is 10.3. The SMILES string of the molecule is CCC1(CC)C[C@@H](NC(=O)[C@H](C)N(c2cccc(Cl)c2)S(C)(=O)=O)c2ccccc2O1. The Morgan fingerprint density at radius 3 is 2.52 bits per heavy atom. The number of hydrogen-bond acceptors (Lipinski definition) is 4. The molecular weight excluding hydrogens is 436 g/mol. The molecule has 0 aromatic heterocycles. The molecule has 0 radical (unpaired) electrons. The van der Waals surface area contributed by atoms with E-state index in [1.807, 2.05) is 24.3 Å². The van der Waals surface area contributed by atoms with Crippen molar-refractivity contribution in [2.75, 3.05) is 10.6 Å². The summed E-state index contributed by atoms with van der Waals surface area (Å²) in [5, 5.41) is 3.47. The molecule has 0 unspecified atom stereocenters. The zero-order chi connectivity index (χ0) is 22.8. The molecule has 1 heterocycles. The molecule has 0 bridgehead atoms. The minimum atomic E-state index is -3.72. The lowest BCUT2D eigenvalue weighted by Crippen LogP contribution is -2.51. The summed E-state index contributed by atoms with van der Waals surface area (Å²) in [7, 11) is -3.72. The summed E-state index contributed by atoms with van der Waals surface area (Å²) >= 11 is 6.06. The van der Waals surface area contributed by atoms with E-state index in [-0.39, 0.29) is 17.6 Å². The largest absolute Gasteiger partial charge is 0.487 e. The number of carbonyl (C=O) groups is 1. The van der Waals surface area contributed by atoms with Crippen LogP contribution in [0.15, 0.2) is 48.5 Å². The fourth-order valence-corrected chi connectivity index (χ4v) is 5.50. The minimum Gasteiger partial charge on any atom is -0.487 e. The van der Waals surface area contributed by atoms with E-state index in [1.54, 1.807) is 25.1 Å². The summed E-state index contributed by atoms with van der Waals surface area (Å²) in [4.78, 5) is 13.3. The number of para-hydroxylation sites is 1. The molecule has 0 spiro atoms. The number of ether oxygens (including phenoxy) is 1. The van der Waals surface area contributed by atoms with Crippen LogP contribution in [-0.2, 0) is 14.8 Å². The van der Waals surface area contributed by atoms with E-state index >= 15 is 0 Å². The molecule has 0 saturated heterocycles. The van der Waals surface area contributed by atoms with Gasteiger partial charge in [-0.15, -0.1) is 0 Å². The average Bonchev–Trinajstić information content (AvgIpc) is 2.72. The van der Waals surface area contributed by atoms with E-state index in [4.69, 9.17) is 16.3 Å². The van der Waals surface area contributed by atoms with Gasteiger partial charge in [0.2, 0.25) is 15.9 Å². The van der Waals surface area contributed by atoms with Crippen molar-refractivity contribution in [2.24, 2.45) is 0 Å². The molecule has 31 heavy (non-hydrogen) atoms. The molecule has 1 aliphatic rings. The van der Waals surface area contributed by atoms with Crippen LogP contribution in [0.2, 0.25) is 5.02 Å². The van der Waals surface area contributed by atoms with Crippen molar-refractivity contribution < 1.29 is 17.9 Å². The Labute approximate surface area is 189 Å². The molecule has 2 aromatic carbocycles. The van der Waals surface area contributed by atoms with E-state index < -0.39 is 16.1 Å². The molecule has 168 valence electrons. The highest BCUT2D eigenvalue weighted by Crippen LogP contribution is 2.42. The maximum absolute atomic E-state index is 13.3. The van der Waals surface area contributed by atoms with Crippen LogP contribution >= 0.6 is 11.6 Å². The van der Waals surface area contributed by atoms with Crippen molar-refractivity contribution in [1.29, 1.82) is 0 Å². The summed E-state index contributed by atoms with van der Waals surface area (Å²) in [5.74, 6) is 0.374. The number of nitrogens with one attached hydrogen (secondary N) is 1. The molecule has 8 heteroatoms. The molecular formula is C23H29ClN2O4S. The summed E-state index contributed by atoms with van der Waals surface area (Å²) in [5.41, 5.74) is 0.870. The molecule has 1 N–H and O–H groups in total. The molecule has 1 amide bonds. The number of amides is 1. The van der Waals surface area contributed by atoms with Gasteiger partial charge in [0, 0.05) is 17.0 Å². The van der Waals surface area contributed by atoms with Gasteiger partial charge in [0.05, 0.1) is 18.0 Å². The van der Waals surface area contributed by atoms with Crippen LogP contribution in [-0.4, -0.2) is 32.2 Å². The molecule has 3 rings (SSSR count). The van der Waals surface area contributed by atoms with Crippen molar-refractivity contribution in [2.45, 2.75) is 57.7 Å². The van der Waals surface area contributed by atoms with Gasteiger partial charge in [-0.05, 0) is 44.0 Å². The van der Waals surface area contributed by atoms with Crippen LogP contribution in [0.25, 0.3) is 0 Å². The average molecular weight is 465 g/mol. The van der Waals surface area contributed by atoms with Crippen molar-refractivity contribution in [3.05, 3.63) is 59.1 Å². The van der Waals surface area contributed by atoms with Gasteiger partial charge in [-0.1, -0.05) is 49.7 Å². The molecule has 0 aliphatic carbocycles. The number of nitrogens with zero attached hydrogens (tertiary/aromatic N) is 1. The predicted molar refractivity (Wildman–Crippen MR) is 124 cm³/mol. The first-order valence-electron chi connectivity index (χ1n) is 10.4. The Morgan fingerprint density at radius 2 is 1.90 bits per heavy atom. The number of benzene rings is 2.